The monoisotopic (exact) mass is 496 g/mol. The Morgan fingerprint density at radius 2 is 1.78 bits per heavy atom. The van der Waals surface area contributed by atoms with E-state index in [4.69, 9.17) is 26.5 Å². The minimum absolute atomic E-state index is 0.215. The van der Waals surface area contributed by atoms with E-state index in [1.807, 2.05) is 55.5 Å². The molecule has 3 aromatic carbocycles. The predicted octanol–water partition coefficient (Wildman–Crippen LogP) is 6.31. The van der Waals surface area contributed by atoms with Gasteiger partial charge in [0.15, 0.2) is 5.11 Å². The van der Waals surface area contributed by atoms with Crippen LogP contribution in [0.25, 0.3) is 17.0 Å². The molecule has 0 spiro atoms. The van der Waals surface area contributed by atoms with Gasteiger partial charge in [0, 0.05) is 11.3 Å². The number of allylic oxidation sites excluding steroid dienone is 1. The number of hydrogen-bond donors (Lipinski definition) is 1. The molecular formula is C29H28N4O2S. The molecule has 0 bridgehead atoms. The van der Waals surface area contributed by atoms with Crippen molar-refractivity contribution >= 4 is 22.9 Å². The van der Waals surface area contributed by atoms with E-state index in [-0.39, 0.29) is 6.04 Å². The highest BCUT2D eigenvalue weighted by Gasteiger charge is 2.34. The van der Waals surface area contributed by atoms with Crippen LogP contribution in [-0.2, 0) is 6.54 Å². The molecule has 36 heavy (non-hydrogen) atoms. The highest BCUT2D eigenvalue weighted by Crippen LogP contribution is 2.38. The molecule has 2 heterocycles. The summed E-state index contributed by atoms with van der Waals surface area (Å²) in [6.45, 7) is 7.32. The minimum atomic E-state index is -0.215. The van der Waals surface area contributed by atoms with Gasteiger partial charge in [0.05, 0.1) is 24.8 Å². The summed E-state index contributed by atoms with van der Waals surface area (Å²) in [5, 5.41) is 8.46. The number of aryl methyl sites for hydroxylation is 1. The van der Waals surface area contributed by atoms with Gasteiger partial charge in [-0.25, -0.2) is 0 Å². The zero-order valence-electron chi connectivity index (χ0n) is 20.6. The van der Waals surface area contributed by atoms with Crippen molar-refractivity contribution in [2.75, 3.05) is 6.61 Å². The van der Waals surface area contributed by atoms with Crippen LogP contribution in [0, 0.1) is 6.92 Å². The molecule has 1 unspecified atom stereocenters. The first-order chi connectivity index (χ1) is 17.5. The van der Waals surface area contributed by atoms with Crippen molar-refractivity contribution < 1.29 is 9.26 Å². The summed E-state index contributed by atoms with van der Waals surface area (Å²) < 4.78 is 11.5. The average Bonchev–Trinajstić information content (AvgIpc) is 3.37. The lowest BCUT2D eigenvalue weighted by Gasteiger charge is -2.37. The largest absolute Gasteiger partial charge is 0.494 e. The van der Waals surface area contributed by atoms with Crippen LogP contribution in [0.2, 0.25) is 0 Å². The van der Waals surface area contributed by atoms with E-state index < -0.39 is 0 Å². The Hall–Kier alpha value is -3.97. The Labute approximate surface area is 216 Å². The third kappa shape index (κ3) is 4.88. The molecule has 1 N–H and O–H groups in total. The Kier molecular flexibility index (Phi) is 6.82. The quantitative estimate of drug-likeness (QED) is 0.301. The van der Waals surface area contributed by atoms with Crippen LogP contribution in [0.15, 0.2) is 89.1 Å². The molecule has 0 amide bonds. The maximum absolute atomic E-state index is 5.86. The van der Waals surface area contributed by atoms with Crippen LogP contribution in [0.5, 0.6) is 5.75 Å². The maximum Gasteiger partial charge on any atom is 0.258 e. The molecule has 0 saturated heterocycles. The van der Waals surface area contributed by atoms with Gasteiger partial charge < -0.3 is 19.5 Å². The number of nitrogens with zero attached hydrogens (tertiary/aromatic N) is 3. The highest BCUT2D eigenvalue weighted by atomic mass is 32.1. The molecule has 5 rings (SSSR count). The summed E-state index contributed by atoms with van der Waals surface area (Å²) in [4.78, 5) is 6.86. The van der Waals surface area contributed by atoms with Crippen LogP contribution >= 0.6 is 12.2 Å². The van der Waals surface area contributed by atoms with Gasteiger partial charge in [0.2, 0.25) is 5.82 Å². The molecule has 4 aromatic rings. The zero-order valence-corrected chi connectivity index (χ0v) is 21.4. The number of benzene rings is 3. The van der Waals surface area contributed by atoms with Crippen LogP contribution in [-0.4, -0.2) is 26.8 Å². The van der Waals surface area contributed by atoms with Crippen molar-refractivity contribution in [2.45, 2.75) is 33.4 Å². The first kappa shape index (κ1) is 23.8. The molecule has 7 heteroatoms. The van der Waals surface area contributed by atoms with Crippen LogP contribution in [0.4, 0.5) is 0 Å². The predicted molar refractivity (Wildman–Crippen MR) is 145 cm³/mol. The second-order valence-corrected chi connectivity index (χ2v) is 9.13. The molecule has 1 atom stereocenters. The molecule has 182 valence electrons. The molecule has 1 aromatic heterocycles. The average molecular weight is 497 g/mol. The van der Waals surface area contributed by atoms with Gasteiger partial charge in [-0.05, 0) is 56.2 Å². The third-order valence-corrected chi connectivity index (χ3v) is 6.58. The van der Waals surface area contributed by atoms with Gasteiger partial charge >= 0.3 is 0 Å². The number of hydrogen-bond acceptors (Lipinski definition) is 5. The van der Waals surface area contributed by atoms with Gasteiger partial charge in [0.1, 0.15) is 5.75 Å². The zero-order chi connectivity index (χ0) is 25.1. The van der Waals surface area contributed by atoms with E-state index in [0.29, 0.717) is 30.0 Å². The topological polar surface area (TPSA) is 63.4 Å². The van der Waals surface area contributed by atoms with Crippen molar-refractivity contribution in [1.29, 1.82) is 0 Å². The fourth-order valence-electron chi connectivity index (χ4n) is 4.38. The number of ether oxygens (including phenoxy) is 1. The van der Waals surface area contributed by atoms with E-state index in [0.717, 1.165) is 33.7 Å². The SMILES string of the molecule is CCOc1cccc(CN2C(=S)NC(c3ccc(C)cc3)C(c3nc(-c4ccccc4)no3)=C2C)c1. The van der Waals surface area contributed by atoms with Gasteiger partial charge in [-0.3, -0.25) is 0 Å². The Morgan fingerprint density at radius 3 is 2.53 bits per heavy atom. The molecular weight excluding hydrogens is 468 g/mol. The lowest BCUT2D eigenvalue weighted by Crippen LogP contribution is -2.45. The van der Waals surface area contributed by atoms with E-state index in [1.165, 1.54) is 5.56 Å². The Balaban J connectivity index is 1.57. The highest BCUT2D eigenvalue weighted by molar-refractivity contribution is 7.80. The maximum atomic E-state index is 5.86. The second-order valence-electron chi connectivity index (χ2n) is 8.75. The number of thiocarbonyl (C=S) groups is 1. The lowest BCUT2D eigenvalue weighted by molar-refractivity contribution is 0.339. The molecule has 0 saturated carbocycles. The standard InChI is InChI=1S/C29H28N4O2S/c1-4-34-24-12-8-9-21(17-24)18-33-20(3)25(26(30-29(33)36)22-15-13-19(2)14-16-22)28-31-27(32-35-28)23-10-6-5-7-11-23/h5-17,26H,4,18H2,1-3H3,(H,30,36). The molecule has 0 aliphatic carbocycles. The number of aromatic nitrogens is 2. The molecule has 0 radical (unpaired) electrons. The van der Waals surface area contributed by atoms with Gasteiger partial charge in [-0.15, -0.1) is 0 Å². The summed E-state index contributed by atoms with van der Waals surface area (Å²) >= 11 is 5.86. The Morgan fingerprint density at radius 1 is 1.00 bits per heavy atom. The van der Waals surface area contributed by atoms with Crippen molar-refractivity contribution in [2.24, 2.45) is 0 Å². The van der Waals surface area contributed by atoms with Crippen molar-refractivity contribution in [1.82, 2.24) is 20.4 Å². The second kappa shape index (κ2) is 10.3. The van der Waals surface area contributed by atoms with Crippen LogP contribution in [0.1, 0.15) is 42.5 Å². The van der Waals surface area contributed by atoms with Crippen LogP contribution in [0.3, 0.4) is 0 Å². The molecule has 0 fully saturated rings. The number of rotatable bonds is 7. The number of nitrogens with one attached hydrogen (secondary N) is 1. The van der Waals surface area contributed by atoms with Gasteiger partial charge in [-0.2, -0.15) is 4.98 Å². The van der Waals surface area contributed by atoms with Crippen LogP contribution < -0.4 is 10.1 Å². The van der Waals surface area contributed by atoms with E-state index in [9.17, 15) is 0 Å². The van der Waals surface area contributed by atoms with Gasteiger partial charge in [0.25, 0.3) is 5.89 Å². The minimum Gasteiger partial charge on any atom is -0.494 e. The summed E-state index contributed by atoms with van der Waals surface area (Å²) in [6, 6.07) is 26.1. The third-order valence-electron chi connectivity index (χ3n) is 6.25. The van der Waals surface area contributed by atoms with Gasteiger partial charge in [-0.1, -0.05) is 77.5 Å². The summed E-state index contributed by atoms with van der Waals surface area (Å²) in [7, 11) is 0. The molecule has 1 aliphatic heterocycles. The van der Waals surface area contributed by atoms with E-state index in [2.05, 4.69) is 59.6 Å². The van der Waals surface area contributed by atoms with Crippen molar-refractivity contribution in [3.63, 3.8) is 0 Å². The summed E-state index contributed by atoms with van der Waals surface area (Å²) in [6.07, 6.45) is 0. The molecule has 1 aliphatic rings. The molecule has 6 nitrogen and oxygen atoms in total. The summed E-state index contributed by atoms with van der Waals surface area (Å²) in [5.74, 6) is 1.87. The fraction of sp³-hybridized carbons (Fsp3) is 0.207. The first-order valence-electron chi connectivity index (χ1n) is 12.0. The van der Waals surface area contributed by atoms with E-state index >= 15 is 0 Å². The summed E-state index contributed by atoms with van der Waals surface area (Å²) in [5.41, 5.74) is 6.14. The normalized spacial score (nSPS) is 15.7. The smallest absolute Gasteiger partial charge is 0.258 e. The Bertz CT molecular complexity index is 1400. The lowest BCUT2D eigenvalue weighted by atomic mass is 9.94. The van der Waals surface area contributed by atoms with E-state index in [1.54, 1.807) is 0 Å². The fourth-order valence-corrected chi connectivity index (χ4v) is 4.70. The van der Waals surface area contributed by atoms with Crippen molar-refractivity contribution in [3.05, 3.63) is 107 Å². The van der Waals surface area contributed by atoms with Crippen molar-refractivity contribution in [3.8, 4) is 17.1 Å². The first-order valence-corrected chi connectivity index (χ1v) is 12.4.